The van der Waals surface area contributed by atoms with Gasteiger partial charge < -0.3 is 10.1 Å². The van der Waals surface area contributed by atoms with Crippen LogP contribution < -0.4 is 10.0 Å². The van der Waals surface area contributed by atoms with E-state index in [1.807, 2.05) is 13.0 Å². The molecule has 0 radical (unpaired) electrons. The van der Waals surface area contributed by atoms with Crippen LogP contribution >= 0.6 is 11.3 Å². The minimum absolute atomic E-state index is 0.140. The van der Waals surface area contributed by atoms with Gasteiger partial charge in [0.1, 0.15) is 4.21 Å². The van der Waals surface area contributed by atoms with E-state index in [0.29, 0.717) is 29.8 Å². The summed E-state index contributed by atoms with van der Waals surface area (Å²) >= 11 is 1.30. The minimum atomic E-state index is -3.42. The van der Waals surface area contributed by atoms with Crippen molar-refractivity contribution in [3.05, 3.63) is 17.0 Å². The highest BCUT2D eigenvalue weighted by Gasteiger charge is 2.19. The smallest absolute Gasteiger partial charge is 0.250 e. The zero-order valence-corrected chi connectivity index (χ0v) is 14.1. The monoisotopic (exact) mass is 320 g/mol. The van der Waals surface area contributed by atoms with E-state index < -0.39 is 10.0 Å². The Labute approximate surface area is 125 Å². The van der Waals surface area contributed by atoms with E-state index in [4.69, 9.17) is 4.74 Å². The van der Waals surface area contributed by atoms with Gasteiger partial charge in [0.15, 0.2) is 0 Å². The zero-order valence-electron chi connectivity index (χ0n) is 12.5. The molecule has 1 aromatic heterocycles. The molecule has 20 heavy (non-hydrogen) atoms. The summed E-state index contributed by atoms with van der Waals surface area (Å²) in [5, 5.41) is 3.27. The van der Waals surface area contributed by atoms with E-state index in [9.17, 15) is 8.42 Å². The maximum Gasteiger partial charge on any atom is 0.250 e. The summed E-state index contributed by atoms with van der Waals surface area (Å²) in [6.45, 7) is 7.19. The predicted octanol–water partition coefficient (Wildman–Crippen LogP) is 1.95. The summed E-state index contributed by atoms with van der Waals surface area (Å²) in [6.07, 6.45) is 0.656. The van der Waals surface area contributed by atoms with Crippen molar-refractivity contribution in [3.63, 3.8) is 0 Å². The molecule has 0 bridgehead atoms. The molecule has 0 saturated carbocycles. The van der Waals surface area contributed by atoms with Gasteiger partial charge in [0, 0.05) is 37.2 Å². The van der Waals surface area contributed by atoms with Crippen molar-refractivity contribution in [2.45, 2.75) is 50.0 Å². The van der Waals surface area contributed by atoms with Crippen LogP contribution in [0.2, 0.25) is 0 Å². The van der Waals surface area contributed by atoms with Crippen molar-refractivity contribution in [2.75, 3.05) is 13.7 Å². The second kappa shape index (κ2) is 8.09. The summed E-state index contributed by atoms with van der Waals surface area (Å²) in [5.41, 5.74) is 0. The highest BCUT2D eigenvalue weighted by molar-refractivity contribution is 7.91. The third-order valence-electron chi connectivity index (χ3n) is 2.70. The van der Waals surface area contributed by atoms with Crippen LogP contribution in [-0.4, -0.2) is 34.2 Å². The lowest BCUT2D eigenvalue weighted by molar-refractivity contribution is 0.188. The Morgan fingerprint density at radius 3 is 2.60 bits per heavy atom. The number of nitrogens with one attached hydrogen (secondary N) is 2. The Morgan fingerprint density at radius 2 is 2.00 bits per heavy atom. The molecule has 1 heterocycles. The van der Waals surface area contributed by atoms with Gasteiger partial charge >= 0.3 is 0 Å². The zero-order chi connectivity index (χ0) is 15.2. The normalized spacial score (nSPS) is 13.8. The molecule has 5 nitrogen and oxygen atoms in total. The third kappa shape index (κ3) is 5.88. The van der Waals surface area contributed by atoms with Gasteiger partial charge in [0.2, 0.25) is 10.0 Å². The van der Waals surface area contributed by atoms with Crippen molar-refractivity contribution in [2.24, 2.45) is 0 Å². The predicted molar refractivity (Wildman–Crippen MR) is 82.6 cm³/mol. The molecule has 0 saturated heterocycles. The fourth-order valence-corrected chi connectivity index (χ4v) is 4.18. The van der Waals surface area contributed by atoms with Crippen molar-refractivity contribution >= 4 is 21.4 Å². The molecule has 0 aromatic carbocycles. The number of sulfonamides is 1. The first-order valence-electron chi connectivity index (χ1n) is 6.68. The molecule has 2 N–H and O–H groups in total. The Hall–Kier alpha value is -0.470. The number of rotatable bonds is 9. The van der Waals surface area contributed by atoms with Gasteiger partial charge in [-0.2, -0.15) is 0 Å². The molecular formula is C13H24N2O3S2. The first-order valence-corrected chi connectivity index (χ1v) is 8.98. The second-order valence-corrected chi connectivity index (χ2v) is 8.17. The standard InChI is InChI=1S/C13H24N2O3S2/c1-10(2)14-9-12-5-6-13(19-12)20(16,17)15-11(3)7-8-18-4/h5-6,10-11,14-15H,7-9H2,1-4H3. The number of ether oxygens (including phenoxy) is 1. The highest BCUT2D eigenvalue weighted by atomic mass is 32.2. The topological polar surface area (TPSA) is 67.4 Å². The molecular weight excluding hydrogens is 296 g/mol. The van der Waals surface area contributed by atoms with Crippen LogP contribution in [0.4, 0.5) is 0 Å². The lowest BCUT2D eigenvalue weighted by atomic mass is 10.3. The lowest BCUT2D eigenvalue weighted by Crippen LogP contribution is -2.32. The SMILES string of the molecule is COCCC(C)NS(=O)(=O)c1ccc(CNC(C)C)s1. The Morgan fingerprint density at radius 1 is 1.30 bits per heavy atom. The maximum atomic E-state index is 12.2. The van der Waals surface area contributed by atoms with Gasteiger partial charge in [0.05, 0.1) is 0 Å². The van der Waals surface area contributed by atoms with E-state index in [1.54, 1.807) is 13.2 Å². The molecule has 1 unspecified atom stereocenters. The third-order valence-corrected chi connectivity index (χ3v) is 5.86. The molecule has 7 heteroatoms. The number of methoxy groups -OCH3 is 1. The van der Waals surface area contributed by atoms with Crippen molar-refractivity contribution < 1.29 is 13.2 Å². The summed E-state index contributed by atoms with van der Waals surface area (Å²) in [7, 11) is -1.82. The van der Waals surface area contributed by atoms with Gasteiger partial charge in [0.25, 0.3) is 0 Å². The highest BCUT2D eigenvalue weighted by Crippen LogP contribution is 2.22. The number of hydrogen-bond donors (Lipinski definition) is 2. The molecule has 1 rings (SSSR count). The van der Waals surface area contributed by atoms with Crippen LogP contribution in [0.25, 0.3) is 0 Å². The van der Waals surface area contributed by atoms with Crippen LogP contribution in [0, 0.1) is 0 Å². The van der Waals surface area contributed by atoms with E-state index in [-0.39, 0.29) is 6.04 Å². The molecule has 0 aliphatic rings. The summed E-state index contributed by atoms with van der Waals surface area (Å²) < 4.78 is 32.4. The fourth-order valence-electron chi connectivity index (χ4n) is 1.58. The largest absolute Gasteiger partial charge is 0.385 e. The lowest BCUT2D eigenvalue weighted by Gasteiger charge is -2.12. The number of hydrogen-bond acceptors (Lipinski definition) is 5. The molecule has 116 valence electrons. The average Bonchev–Trinajstić information content (AvgIpc) is 2.83. The first-order chi connectivity index (χ1) is 9.35. The van der Waals surface area contributed by atoms with Gasteiger partial charge in [-0.25, -0.2) is 13.1 Å². The van der Waals surface area contributed by atoms with Crippen LogP contribution in [0.3, 0.4) is 0 Å². The molecule has 0 aliphatic heterocycles. The van der Waals surface area contributed by atoms with Gasteiger partial charge in [-0.1, -0.05) is 13.8 Å². The Bertz CT molecular complexity index is 497. The van der Waals surface area contributed by atoms with E-state index in [0.717, 1.165) is 4.88 Å². The van der Waals surface area contributed by atoms with Crippen molar-refractivity contribution in [1.82, 2.24) is 10.0 Å². The van der Waals surface area contributed by atoms with Crippen LogP contribution in [0.1, 0.15) is 32.1 Å². The van der Waals surface area contributed by atoms with Crippen molar-refractivity contribution in [1.29, 1.82) is 0 Å². The average molecular weight is 320 g/mol. The van der Waals surface area contributed by atoms with Gasteiger partial charge in [-0.05, 0) is 25.5 Å². The van der Waals surface area contributed by atoms with E-state index in [2.05, 4.69) is 23.9 Å². The summed E-state index contributed by atoms with van der Waals surface area (Å²) in [5.74, 6) is 0. The second-order valence-electron chi connectivity index (χ2n) is 5.06. The van der Waals surface area contributed by atoms with Crippen molar-refractivity contribution in [3.8, 4) is 0 Å². The molecule has 0 fully saturated rings. The van der Waals surface area contributed by atoms with E-state index in [1.165, 1.54) is 11.3 Å². The molecule has 0 spiro atoms. The Kier molecular flexibility index (Phi) is 7.11. The first kappa shape index (κ1) is 17.6. The summed E-state index contributed by atoms with van der Waals surface area (Å²) in [6, 6.07) is 3.76. The quantitative estimate of drug-likeness (QED) is 0.730. The fraction of sp³-hybridized carbons (Fsp3) is 0.692. The summed E-state index contributed by atoms with van der Waals surface area (Å²) in [4.78, 5) is 1.02. The van der Waals surface area contributed by atoms with Gasteiger partial charge in [-0.15, -0.1) is 11.3 Å². The molecule has 1 atom stereocenters. The van der Waals surface area contributed by atoms with Gasteiger partial charge in [-0.3, -0.25) is 0 Å². The Balaban J connectivity index is 2.63. The molecule has 1 aromatic rings. The molecule has 0 aliphatic carbocycles. The number of thiophene rings is 1. The van der Waals surface area contributed by atoms with Crippen LogP contribution in [0.5, 0.6) is 0 Å². The molecule has 0 amide bonds. The minimum Gasteiger partial charge on any atom is -0.385 e. The maximum absolute atomic E-state index is 12.2. The van der Waals surface area contributed by atoms with Crippen LogP contribution in [-0.2, 0) is 21.3 Å². The van der Waals surface area contributed by atoms with Crippen LogP contribution in [0.15, 0.2) is 16.3 Å². The van der Waals surface area contributed by atoms with E-state index >= 15 is 0 Å².